The number of fused-ring (bicyclic) bond motifs is 1. The predicted octanol–water partition coefficient (Wildman–Crippen LogP) is 1.28. The number of carboxylic acids is 2. The van der Waals surface area contributed by atoms with Crippen molar-refractivity contribution in [3.63, 3.8) is 0 Å². The van der Waals surface area contributed by atoms with Crippen LogP contribution in [0.2, 0.25) is 0 Å². The average molecular weight is 358 g/mol. The Balaban J connectivity index is 1.95. The smallest absolute Gasteiger partial charge is 0.248 e. The number of hydrogen-bond donors (Lipinski definition) is 0. The second-order valence-corrected chi connectivity index (χ2v) is 5.74. The summed E-state index contributed by atoms with van der Waals surface area (Å²) < 4.78 is 5.72. The van der Waals surface area contributed by atoms with Crippen molar-refractivity contribution in [2.45, 2.75) is 0 Å². The number of hydrogen-bond acceptors (Lipinski definition) is 7. The van der Waals surface area contributed by atoms with Gasteiger partial charge < -0.3 is 24.2 Å². The highest BCUT2D eigenvalue weighted by atomic mass is 16.4. The van der Waals surface area contributed by atoms with E-state index in [0.717, 1.165) is 5.56 Å². The second kappa shape index (κ2) is 6.38. The van der Waals surface area contributed by atoms with Gasteiger partial charge in [-0.05, 0) is 23.6 Å². The van der Waals surface area contributed by atoms with E-state index >= 15 is 0 Å². The van der Waals surface area contributed by atoms with E-state index in [1.807, 2.05) is 30.3 Å². The lowest BCUT2D eigenvalue weighted by Gasteiger charge is -2.14. The van der Waals surface area contributed by atoms with E-state index in [-0.39, 0.29) is 22.4 Å². The molecule has 0 atom stereocenters. The van der Waals surface area contributed by atoms with Crippen LogP contribution in [0.4, 0.5) is 0 Å². The van der Waals surface area contributed by atoms with E-state index in [9.17, 15) is 19.8 Å². The molecular formula is C20H10N2O5-2. The zero-order valence-electron chi connectivity index (χ0n) is 13.7. The fraction of sp³-hybridized carbons (Fsp3) is 0. The zero-order chi connectivity index (χ0) is 19.0. The number of aromatic carboxylic acids is 2. The molecule has 0 amide bonds. The van der Waals surface area contributed by atoms with E-state index in [2.05, 4.69) is 10.2 Å². The van der Waals surface area contributed by atoms with Gasteiger partial charge >= 0.3 is 0 Å². The minimum absolute atomic E-state index is 0.00513. The highest BCUT2D eigenvalue weighted by molar-refractivity contribution is 6.14. The molecule has 0 radical (unpaired) electrons. The Morgan fingerprint density at radius 1 is 0.741 bits per heavy atom. The van der Waals surface area contributed by atoms with E-state index in [4.69, 9.17) is 4.42 Å². The molecule has 27 heavy (non-hydrogen) atoms. The molecule has 0 fully saturated rings. The largest absolute Gasteiger partial charge is 0.545 e. The third-order valence-corrected chi connectivity index (χ3v) is 4.16. The fourth-order valence-electron chi connectivity index (χ4n) is 2.96. The first-order chi connectivity index (χ1) is 13.1. The number of rotatable bonds is 4. The Labute approximate surface area is 152 Å². The van der Waals surface area contributed by atoms with E-state index < -0.39 is 11.9 Å². The average Bonchev–Trinajstić information content (AvgIpc) is 3.17. The number of carbonyl (C=O) groups excluding carboxylic acids is 2. The van der Waals surface area contributed by atoms with Gasteiger partial charge in [0.15, 0.2) is 0 Å². The van der Waals surface area contributed by atoms with Gasteiger partial charge in [-0.25, -0.2) is 0 Å². The number of nitrogens with zero attached hydrogens (tertiary/aromatic N) is 2. The van der Waals surface area contributed by atoms with Crippen molar-refractivity contribution in [2.75, 3.05) is 0 Å². The highest BCUT2D eigenvalue weighted by Gasteiger charge is 2.17. The Morgan fingerprint density at radius 2 is 1.41 bits per heavy atom. The summed E-state index contributed by atoms with van der Waals surface area (Å²) in [6, 6.07) is 16.2. The van der Waals surface area contributed by atoms with Gasteiger partial charge in [0.05, 0.1) is 11.9 Å². The third-order valence-electron chi connectivity index (χ3n) is 4.16. The van der Waals surface area contributed by atoms with Crippen LogP contribution >= 0.6 is 0 Å². The van der Waals surface area contributed by atoms with Crippen molar-refractivity contribution in [2.24, 2.45) is 0 Å². The zero-order valence-corrected chi connectivity index (χ0v) is 13.7. The number of benzene rings is 3. The number of carboxylic acid groups (broad SMARTS) is 2. The molecule has 4 aromatic rings. The van der Waals surface area contributed by atoms with Gasteiger partial charge in [0.2, 0.25) is 11.8 Å². The van der Waals surface area contributed by atoms with Crippen LogP contribution in [-0.2, 0) is 0 Å². The van der Waals surface area contributed by atoms with Gasteiger partial charge in [0.25, 0.3) is 0 Å². The molecule has 0 spiro atoms. The van der Waals surface area contributed by atoms with Crippen LogP contribution < -0.4 is 10.2 Å². The normalized spacial score (nSPS) is 10.8. The molecule has 0 aliphatic carbocycles. The van der Waals surface area contributed by atoms with Crippen molar-refractivity contribution in [3.8, 4) is 22.9 Å². The molecule has 1 heterocycles. The summed E-state index contributed by atoms with van der Waals surface area (Å²) in [5.41, 5.74) is 0.628. The summed E-state index contributed by atoms with van der Waals surface area (Å²) in [6.45, 7) is 0. The molecule has 132 valence electrons. The van der Waals surface area contributed by atoms with Crippen molar-refractivity contribution in [1.29, 1.82) is 0 Å². The van der Waals surface area contributed by atoms with Gasteiger partial charge in [0.1, 0.15) is 0 Å². The molecule has 4 rings (SSSR count). The number of aromatic nitrogens is 2. The van der Waals surface area contributed by atoms with E-state index in [1.54, 1.807) is 6.07 Å². The Bertz CT molecular complexity index is 1160. The monoisotopic (exact) mass is 358 g/mol. The second-order valence-electron chi connectivity index (χ2n) is 5.74. The maximum atomic E-state index is 11.5. The Morgan fingerprint density at radius 3 is 2.11 bits per heavy atom. The van der Waals surface area contributed by atoms with Crippen molar-refractivity contribution < 1.29 is 24.2 Å². The van der Waals surface area contributed by atoms with Crippen molar-refractivity contribution >= 4 is 22.7 Å². The summed E-state index contributed by atoms with van der Waals surface area (Å²) in [6.07, 6.45) is 0. The molecular weight excluding hydrogens is 348 g/mol. The molecule has 0 saturated carbocycles. The first-order valence-corrected chi connectivity index (χ1v) is 7.94. The molecule has 1 aromatic heterocycles. The van der Waals surface area contributed by atoms with Gasteiger partial charge in [0, 0.05) is 27.6 Å². The first-order valence-electron chi connectivity index (χ1n) is 7.94. The Hall–Kier alpha value is -4.00. The quantitative estimate of drug-likeness (QED) is 0.539. The van der Waals surface area contributed by atoms with Crippen LogP contribution in [0.1, 0.15) is 20.7 Å². The van der Waals surface area contributed by atoms with E-state index in [1.165, 1.54) is 24.3 Å². The predicted molar refractivity (Wildman–Crippen MR) is 91.3 cm³/mol. The molecule has 3 aromatic carbocycles. The molecule has 7 nitrogen and oxygen atoms in total. The molecule has 0 unspecified atom stereocenters. The highest BCUT2D eigenvalue weighted by Crippen LogP contribution is 2.33. The van der Waals surface area contributed by atoms with Crippen LogP contribution in [0.25, 0.3) is 33.7 Å². The van der Waals surface area contributed by atoms with Crippen LogP contribution in [-0.4, -0.2) is 22.1 Å². The summed E-state index contributed by atoms with van der Waals surface area (Å²) in [4.78, 5) is 22.9. The van der Waals surface area contributed by atoms with Crippen LogP contribution in [0.5, 0.6) is 0 Å². The summed E-state index contributed by atoms with van der Waals surface area (Å²) in [7, 11) is 0. The van der Waals surface area contributed by atoms with E-state index in [0.29, 0.717) is 16.8 Å². The van der Waals surface area contributed by atoms with Crippen LogP contribution in [0, 0.1) is 0 Å². The molecule has 0 aliphatic heterocycles. The summed E-state index contributed by atoms with van der Waals surface area (Å²) in [5, 5.41) is 31.3. The summed E-state index contributed by atoms with van der Waals surface area (Å²) in [5.74, 6) is -2.55. The lowest BCUT2D eigenvalue weighted by molar-refractivity contribution is -0.255. The maximum Gasteiger partial charge on any atom is 0.248 e. The third kappa shape index (κ3) is 2.81. The molecule has 0 N–H and O–H groups in total. The SMILES string of the molecule is O=C([O-])c1cccc2c(-c3nnc(-c4ccccc4)o3)ccc(C(=O)[O-])c12. The number of carbonyl (C=O) groups is 2. The van der Waals surface area contributed by atoms with Gasteiger partial charge in [-0.15, -0.1) is 10.2 Å². The molecule has 0 bridgehead atoms. The lowest BCUT2D eigenvalue weighted by Crippen LogP contribution is -2.26. The fourth-order valence-corrected chi connectivity index (χ4v) is 2.96. The standard InChI is InChI=1S/C20H12N2O5/c23-19(24)14-8-4-7-12-13(9-10-15(16(12)14)20(25)26)18-22-21-17(27-18)11-5-2-1-3-6-11/h1-10H,(H,23,24)(H,25,26)/p-2. The minimum Gasteiger partial charge on any atom is -0.545 e. The first kappa shape index (κ1) is 16.5. The van der Waals surface area contributed by atoms with Crippen LogP contribution in [0.3, 0.4) is 0 Å². The van der Waals surface area contributed by atoms with Gasteiger partial charge in [-0.3, -0.25) is 0 Å². The van der Waals surface area contributed by atoms with Gasteiger partial charge in [-0.1, -0.05) is 42.5 Å². The molecule has 7 heteroatoms. The molecule has 0 aliphatic rings. The lowest BCUT2D eigenvalue weighted by atomic mass is 9.95. The minimum atomic E-state index is -1.49. The molecule has 0 saturated heterocycles. The van der Waals surface area contributed by atoms with Crippen LogP contribution in [0.15, 0.2) is 65.1 Å². The maximum absolute atomic E-state index is 11.5. The van der Waals surface area contributed by atoms with Gasteiger partial charge in [-0.2, -0.15) is 0 Å². The van der Waals surface area contributed by atoms with Crippen molar-refractivity contribution in [3.05, 3.63) is 71.8 Å². The topological polar surface area (TPSA) is 119 Å². The summed E-state index contributed by atoms with van der Waals surface area (Å²) >= 11 is 0. The van der Waals surface area contributed by atoms with Crippen molar-refractivity contribution in [1.82, 2.24) is 10.2 Å². The Kier molecular flexibility index (Phi) is 3.89.